The third-order valence-electron chi connectivity index (χ3n) is 4.90. The molecule has 2 aliphatic carbocycles. The second-order valence-electron chi connectivity index (χ2n) is 6.15. The lowest BCUT2D eigenvalue weighted by molar-refractivity contribution is -0.154. The first-order chi connectivity index (χ1) is 10.7. The Labute approximate surface area is 131 Å². The van der Waals surface area contributed by atoms with Crippen molar-refractivity contribution in [2.45, 2.75) is 32.6 Å². The quantitative estimate of drug-likeness (QED) is 0.632. The van der Waals surface area contributed by atoms with Crippen LogP contribution in [0.2, 0.25) is 0 Å². The van der Waals surface area contributed by atoms with Crippen LogP contribution in [0, 0.1) is 17.8 Å². The topological polar surface area (TPSA) is 43.4 Å². The summed E-state index contributed by atoms with van der Waals surface area (Å²) in [6, 6.07) is 10.1. The number of hydrogen-bond acceptors (Lipinski definition) is 3. The van der Waals surface area contributed by atoms with E-state index in [0.717, 1.165) is 36.8 Å². The number of benzene rings is 1. The number of fused-ring (bicyclic) bond motifs is 1. The number of ketones is 1. The molecule has 116 valence electrons. The van der Waals surface area contributed by atoms with E-state index in [9.17, 15) is 9.59 Å². The van der Waals surface area contributed by atoms with Crippen molar-refractivity contribution in [3.8, 4) is 0 Å². The van der Waals surface area contributed by atoms with Gasteiger partial charge in [-0.25, -0.2) is 0 Å². The van der Waals surface area contributed by atoms with Crippen LogP contribution in [-0.2, 0) is 14.3 Å². The van der Waals surface area contributed by atoms with Gasteiger partial charge in [-0.3, -0.25) is 9.59 Å². The van der Waals surface area contributed by atoms with Crippen molar-refractivity contribution in [2.24, 2.45) is 17.8 Å². The van der Waals surface area contributed by atoms with Crippen LogP contribution in [0.1, 0.15) is 38.2 Å². The molecule has 3 atom stereocenters. The fourth-order valence-electron chi connectivity index (χ4n) is 3.96. The molecule has 1 aromatic rings. The highest BCUT2D eigenvalue weighted by atomic mass is 16.5. The molecule has 2 aliphatic rings. The lowest BCUT2D eigenvalue weighted by atomic mass is 9.63. The summed E-state index contributed by atoms with van der Waals surface area (Å²) in [5.74, 6) is -0.630. The summed E-state index contributed by atoms with van der Waals surface area (Å²) in [5.41, 5.74) is 2.21. The van der Waals surface area contributed by atoms with Gasteiger partial charge in [0, 0.05) is 0 Å². The van der Waals surface area contributed by atoms with Gasteiger partial charge in [0.1, 0.15) is 5.92 Å². The van der Waals surface area contributed by atoms with Crippen molar-refractivity contribution in [1.82, 2.24) is 0 Å². The highest BCUT2D eigenvalue weighted by Gasteiger charge is 2.45. The molecule has 0 heterocycles. The average molecular weight is 298 g/mol. The van der Waals surface area contributed by atoms with Gasteiger partial charge in [-0.1, -0.05) is 43.2 Å². The Morgan fingerprint density at radius 3 is 2.64 bits per heavy atom. The SMILES string of the molecule is CCOC(=O)[C@H]1C(=O)C=C(c2ccccc2)[C@H]2CCCC[C@H]12. The van der Waals surface area contributed by atoms with E-state index < -0.39 is 5.92 Å². The molecule has 0 N–H and O–H groups in total. The van der Waals surface area contributed by atoms with Crippen molar-refractivity contribution < 1.29 is 14.3 Å². The molecule has 3 heteroatoms. The molecule has 0 spiro atoms. The van der Waals surface area contributed by atoms with Gasteiger partial charge < -0.3 is 4.74 Å². The molecule has 0 aliphatic heterocycles. The number of allylic oxidation sites excluding steroid dienone is 2. The van der Waals surface area contributed by atoms with Gasteiger partial charge in [-0.2, -0.15) is 0 Å². The summed E-state index contributed by atoms with van der Waals surface area (Å²) in [5, 5.41) is 0. The van der Waals surface area contributed by atoms with Gasteiger partial charge in [0.25, 0.3) is 0 Å². The average Bonchev–Trinajstić information content (AvgIpc) is 2.55. The molecule has 0 aromatic heterocycles. The Hall–Kier alpha value is -1.90. The fraction of sp³-hybridized carbons (Fsp3) is 0.474. The van der Waals surface area contributed by atoms with Crippen molar-refractivity contribution in [3.63, 3.8) is 0 Å². The second kappa shape index (κ2) is 6.47. The molecule has 3 rings (SSSR count). The number of carbonyl (C=O) groups is 2. The minimum absolute atomic E-state index is 0.0829. The maximum Gasteiger partial charge on any atom is 0.317 e. The minimum atomic E-state index is -0.599. The van der Waals surface area contributed by atoms with Crippen LogP contribution in [0.4, 0.5) is 0 Å². The van der Waals surface area contributed by atoms with E-state index in [1.54, 1.807) is 13.0 Å². The van der Waals surface area contributed by atoms with Crippen LogP contribution in [0.5, 0.6) is 0 Å². The first kappa shape index (κ1) is 15.0. The predicted molar refractivity (Wildman–Crippen MR) is 85.0 cm³/mol. The maximum absolute atomic E-state index is 12.6. The largest absolute Gasteiger partial charge is 0.465 e. The van der Waals surface area contributed by atoms with Gasteiger partial charge in [-0.05, 0) is 48.8 Å². The van der Waals surface area contributed by atoms with E-state index in [-0.39, 0.29) is 17.7 Å². The highest BCUT2D eigenvalue weighted by Crippen LogP contribution is 2.46. The van der Waals surface area contributed by atoms with E-state index in [1.807, 2.05) is 18.2 Å². The van der Waals surface area contributed by atoms with E-state index in [0.29, 0.717) is 12.5 Å². The van der Waals surface area contributed by atoms with Crippen molar-refractivity contribution >= 4 is 17.3 Å². The Kier molecular flexibility index (Phi) is 4.41. The van der Waals surface area contributed by atoms with Gasteiger partial charge in [0.05, 0.1) is 6.61 Å². The fourth-order valence-corrected chi connectivity index (χ4v) is 3.96. The highest BCUT2D eigenvalue weighted by molar-refractivity contribution is 6.10. The van der Waals surface area contributed by atoms with Crippen LogP contribution in [0.15, 0.2) is 36.4 Å². The van der Waals surface area contributed by atoms with Crippen molar-refractivity contribution in [2.75, 3.05) is 6.61 Å². The van der Waals surface area contributed by atoms with Gasteiger partial charge >= 0.3 is 5.97 Å². The Bertz CT molecular complexity index is 588. The van der Waals surface area contributed by atoms with Crippen LogP contribution in [0.3, 0.4) is 0 Å². The zero-order chi connectivity index (χ0) is 15.5. The molecule has 3 nitrogen and oxygen atoms in total. The summed E-state index contributed by atoms with van der Waals surface area (Å²) in [6.45, 7) is 2.12. The lowest BCUT2D eigenvalue weighted by Crippen LogP contribution is -2.41. The third-order valence-corrected chi connectivity index (χ3v) is 4.90. The molecule has 1 fully saturated rings. The summed E-state index contributed by atoms with van der Waals surface area (Å²) in [7, 11) is 0. The van der Waals surface area contributed by atoms with Gasteiger partial charge in [-0.15, -0.1) is 0 Å². The second-order valence-corrected chi connectivity index (χ2v) is 6.15. The standard InChI is InChI=1S/C19H22O3/c1-2-22-19(21)18-15-11-7-6-10-14(15)16(12-17(18)20)13-8-4-3-5-9-13/h3-5,8-9,12,14-15,18H,2,6-7,10-11H2,1H3/t14-,15-,18+/m0/s1. The molecule has 1 saturated carbocycles. The third kappa shape index (κ3) is 2.72. The van der Waals surface area contributed by atoms with Crippen molar-refractivity contribution in [1.29, 1.82) is 0 Å². The zero-order valence-electron chi connectivity index (χ0n) is 13.0. The van der Waals surface area contributed by atoms with E-state index >= 15 is 0 Å². The first-order valence-electron chi connectivity index (χ1n) is 8.20. The van der Waals surface area contributed by atoms with E-state index in [4.69, 9.17) is 4.74 Å². The maximum atomic E-state index is 12.6. The normalized spacial score (nSPS) is 27.8. The molecule has 0 amide bonds. The van der Waals surface area contributed by atoms with Crippen molar-refractivity contribution in [3.05, 3.63) is 42.0 Å². The molecule has 0 bridgehead atoms. The Morgan fingerprint density at radius 2 is 1.91 bits per heavy atom. The predicted octanol–water partition coefficient (Wildman–Crippen LogP) is 3.64. The summed E-state index contributed by atoms with van der Waals surface area (Å²) in [6.07, 6.45) is 5.93. The molecular weight excluding hydrogens is 276 g/mol. The number of ether oxygens (including phenoxy) is 1. The number of carbonyl (C=O) groups excluding carboxylic acids is 2. The van der Waals surface area contributed by atoms with E-state index in [1.165, 1.54) is 0 Å². The zero-order valence-corrected chi connectivity index (χ0v) is 13.0. The van der Waals surface area contributed by atoms with E-state index in [2.05, 4.69) is 12.1 Å². The minimum Gasteiger partial charge on any atom is -0.465 e. The molecule has 0 radical (unpaired) electrons. The smallest absolute Gasteiger partial charge is 0.317 e. The van der Waals surface area contributed by atoms with Gasteiger partial charge in [0.2, 0.25) is 0 Å². The van der Waals surface area contributed by atoms with Crippen LogP contribution < -0.4 is 0 Å². The summed E-state index contributed by atoms with van der Waals surface area (Å²) < 4.78 is 5.15. The Morgan fingerprint density at radius 1 is 1.18 bits per heavy atom. The Balaban J connectivity index is 1.98. The molecular formula is C19H22O3. The molecule has 0 unspecified atom stereocenters. The number of rotatable bonds is 3. The number of esters is 1. The molecule has 0 saturated heterocycles. The first-order valence-corrected chi connectivity index (χ1v) is 8.20. The molecule has 1 aromatic carbocycles. The monoisotopic (exact) mass is 298 g/mol. The number of hydrogen-bond donors (Lipinski definition) is 0. The van der Waals surface area contributed by atoms with Crippen LogP contribution >= 0.6 is 0 Å². The summed E-state index contributed by atoms with van der Waals surface area (Å²) in [4.78, 5) is 24.8. The lowest BCUT2D eigenvalue weighted by Gasteiger charge is -2.39. The molecule has 22 heavy (non-hydrogen) atoms. The van der Waals surface area contributed by atoms with Crippen LogP contribution in [0.25, 0.3) is 5.57 Å². The van der Waals surface area contributed by atoms with Gasteiger partial charge in [0.15, 0.2) is 5.78 Å². The summed E-state index contributed by atoms with van der Waals surface area (Å²) >= 11 is 0. The van der Waals surface area contributed by atoms with Crippen LogP contribution in [-0.4, -0.2) is 18.4 Å².